The minimum absolute atomic E-state index is 0.000777. The molecule has 8 aliphatic rings. The summed E-state index contributed by atoms with van der Waals surface area (Å²) < 4.78 is 8.07. The molecule has 0 bridgehead atoms. The van der Waals surface area contributed by atoms with E-state index in [1.54, 1.807) is 11.1 Å². The van der Waals surface area contributed by atoms with Crippen molar-refractivity contribution < 1.29 is 4.42 Å². The lowest BCUT2D eigenvalue weighted by Gasteiger charge is -2.52. The minimum Gasteiger partial charge on any atom is -0.472 e. The first-order valence-electron chi connectivity index (χ1n) is 32.0. The normalized spacial score (nSPS) is 25.0. The zero-order chi connectivity index (χ0) is 58.1. The van der Waals surface area contributed by atoms with Gasteiger partial charge in [0.25, 0.3) is 6.71 Å². The Bertz CT molecular complexity index is 3770. The van der Waals surface area contributed by atoms with Crippen LogP contribution >= 0.6 is 0 Å². The van der Waals surface area contributed by atoms with Crippen LogP contribution in [0, 0.1) is 0 Å². The Balaban J connectivity index is 1.18. The van der Waals surface area contributed by atoms with Gasteiger partial charge in [-0.1, -0.05) is 183 Å². The summed E-state index contributed by atoms with van der Waals surface area (Å²) in [7, 11) is 0. The van der Waals surface area contributed by atoms with Gasteiger partial charge in [0.2, 0.25) is 0 Å². The van der Waals surface area contributed by atoms with E-state index in [0.717, 1.165) is 44.2 Å². The molecule has 424 valence electrons. The van der Waals surface area contributed by atoms with Gasteiger partial charge < -0.3 is 14.2 Å². The largest absolute Gasteiger partial charge is 0.472 e. The lowest BCUT2D eigenvalue weighted by molar-refractivity contribution is 0.291. The molecule has 3 nitrogen and oxygen atoms in total. The number of nitrogens with zero attached hydrogens (tertiary/aromatic N) is 2. The first kappa shape index (κ1) is 54.0. The Hall–Kier alpha value is -4.96. The third kappa shape index (κ3) is 7.19. The molecular formula is C77H97BN2O. The molecule has 0 fully saturated rings. The van der Waals surface area contributed by atoms with Gasteiger partial charge in [0, 0.05) is 39.0 Å². The Labute approximate surface area is 489 Å². The number of benzene rings is 5. The lowest BCUT2D eigenvalue weighted by Crippen LogP contribution is -2.62. The fraction of sp³-hybridized carbons (Fsp3) is 0.558. The Kier molecular flexibility index (Phi) is 10.6. The van der Waals surface area contributed by atoms with Crippen LogP contribution in [0.25, 0.3) is 11.1 Å². The van der Waals surface area contributed by atoms with Crippen LogP contribution in [0.1, 0.15) is 283 Å². The van der Waals surface area contributed by atoms with Gasteiger partial charge in [0.15, 0.2) is 0 Å². The predicted molar refractivity (Wildman–Crippen MR) is 347 cm³/mol. The first-order chi connectivity index (χ1) is 37.3. The molecule has 1 aromatic heterocycles. The predicted octanol–water partition coefficient (Wildman–Crippen LogP) is 19.4. The number of anilines is 6. The average molecular weight is 1080 g/mol. The van der Waals surface area contributed by atoms with E-state index in [0.29, 0.717) is 0 Å². The molecule has 0 spiro atoms. The van der Waals surface area contributed by atoms with Crippen LogP contribution in [0.15, 0.2) is 71.1 Å². The summed E-state index contributed by atoms with van der Waals surface area (Å²) in [5.41, 5.74) is 31.0. The molecule has 1 atom stereocenters. The number of fused-ring (bicyclic) bond motifs is 11. The minimum atomic E-state index is -0.205. The third-order valence-electron chi connectivity index (χ3n) is 24.3. The van der Waals surface area contributed by atoms with E-state index in [2.05, 4.69) is 229 Å². The van der Waals surface area contributed by atoms with E-state index in [1.807, 2.05) is 0 Å². The molecule has 14 rings (SSSR count). The molecular weight excluding hydrogens is 980 g/mol. The molecule has 0 radical (unpaired) electrons. The molecule has 81 heavy (non-hydrogen) atoms. The quantitative estimate of drug-likeness (QED) is 0.161. The molecule has 5 aliphatic carbocycles. The van der Waals surface area contributed by atoms with Crippen LogP contribution in [0.3, 0.4) is 0 Å². The van der Waals surface area contributed by atoms with Crippen LogP contribution in [0.2, 0.25) is 0 Å². The number of hydrogen-bond donors (Lipinski definition) is 0. The molecule has 1 unspecified atom stereocenters. The van der Waals surface area contributed by atoms with Gasteiger partial charge in [-0.25, -0.2) is 0 Å². The molecule has 4 heterocycles. The van der Waals surface area contributed by atoms with Crippen LogP contribution in [0.5, 0.6) is 0 Å². The number of furan rings is 1. The Morgan fingerprint density at radius 3 is 1.37 bits per heavy atom. The highest BCUT2D eigenvalue weighted by Crippen LogP contribution is 2.65. The summed E-state index contributed by atoms with van der Waals surface area (Å²) in [5, 5.41) is 0. The van der Waals surface area contributed by atoms with Gasteiger partial charge in [-0.15, -0.1) is 0 Å². The first-order valence-corrected chi connectivity index (χ1v) is 32.0. The molecule has 0 N–H and O–H groups in total. The van der Waals surface area contributed by atoms with Crippen molar-refractivity contribution in [3.63, 3.8) is 0 Å². The molecule has 0 saturated carbocycles. The van der Waals surface area contributed by atoms with Gasteiger partial charge >= 0.3 is 0 Å². The molecule has 4 heteroatoms. The molecule has 0 amide bonds. The van der Waals surface area contributed by atoms with Crippen molar-refractivity contribution in [2.24, 2.45) is 0 Å². The molecule has 6 aromatic rings. The highest BCUT2D eigenvalue weighted by atomic mass is 16.3. The highest BCUT2D eigenvalue weighted by molar-refractivity contribution is 6.99. The van der Waals surface area contributed by atoms with E-state index < -0.39 is 0 Å². The van der Waals surface area contributed by atoms with Crippen molar-refractivity contribution >= 4 is 57.4 Å². The SMILES string of the molecule is CC(C)(C)c1cc2c3c(c1)N1c4cc5c(cc4C4(C)CCC(C)(C)c6oc(c1c64)B3c1cc3c(cc1N2c1cc2c(cc1-c1cccc4c1C(C)(C)CCC4(C)C)C(C)(C)CCC2(C)C)C(C)(C)CCC3(C)C)C(C)(C)CCC5(C)C. The smallest absolute Gasteiger partial charge is 0.297 e. The zero-order valence-electron chi connectivity index (χ0n) is 54.3. The second-order valence-corrected chi connectivity index (χ2v) is 35.1. The lowest BCUT2D eigenvalue weighted by atomic mass is 9.34. The van der Waals surface area contributed by atoms with Gasteiger partial charge in [-0.3, -0.25) is 0 Å². The maximum atomic E-state index is 8.07. The van der Waals surface area contributed by atoms with Crippen LogP contribution in [0.4, 0.5) is 34.1 Å². The fourth-order valence-corrected chi connectivity index (χ4v) is 18.1. The summed E-state index contributed by atoms with van der Waals surface area (Å²) in [5.74, 6) is 1.21. The monoisotopic (exact) mass is 1080 g/mol. The van der Waals surface area contributed by atoms with Gasteiger partial charge in [0.1, 0.15) is 5.76 Å². The zero-order valence-corrected chi connectivity index (χ0v) is 54.3. The summed E-state index contributed by atoms with van der Waals surface area (Å²) in [6, 6.07) is 29.2. The van der Waals surface area contributed by atoms with E-state index >= 15 is 0 Å². The highest BCUT2D eigenvalue weighted by Gasteiger charge is 2.59. The standard InChI is InChI=1S/C77H97BN2O/c1-67(2,3)44-36-59-63-60(37-44)80-57-42-52-49(70(8,9)27-30-73(52,14)15)39-54(57)77(22)35-34-76(20,21)65-62(77)64(80)66(81-65)78(63)55-40-50-53(74(16,17)31-28-71(50,10)11)43-58(55)79(59)56-41-51-48(69(6,7)26-29-72(51,12)13)38-46(56)45-24-23-25-47-61(45)75(18,19)33-32-68(47,4)5/h23-25,36-43H,26-35H2,1-22H3. The van der Waals surface area contributed by atoms with Crippen molar-refractivity contribution in [1.82, 2.24) is 0 Å². The maximum Gasteiger partial charge on any atom is 0.297 e. The molecule has 0 saturated heterocycles. The number of hydrogen-bond acceptors (Lipinski definition) is 3. The van der Waals surface area contributed by atoms with Crippen molar-refractivity contribution in [3.05, 3.63) is 134 Å². The van der Waals surface area contributed by atoms with Crippen molar-refractivity contribution in [1.29, 1.82) is 0 Å². The van der Waals surface area contributed by atoms with Crippen LogP contribution in [-0.2, 0) is 59.6 Å². The number of rotatable bonds is 2. The second-order valence-electron chi connectivity index (χ2n) is 35.1. The van der Waals surface area contributed by atoms with Crippen LogP contribution < -0.4 is 26.4 Å². The van der Waals surface area contributed by atoms with E-state index in [-0.39, 0.29) is 66.3 Å². The average Bonchev–Trinajstić information content (AvgIpc) is 1.78. The molecule has 3 aliphatic heterocycles. The van der Waals surface area contributed by atoms with E-state index in [9.17, 15) is 0 Å². The van der Waals surface area contributed by atoms with Gasteiger partial charge in [-0.2, -0.15) is 0 Å². The van der Waals surface area contributed by atoms with Gasteiger partial charge in [0.05, 0.1) is 22.7 Å². The van der Waals surface area contributed by atoms with Crippen molar-refractivity contribution in [3.8, 4) is 11.1 Å². The third-order valence-corrected chi connectivity index (χ3v) is 24.3. The van der Waals surface area contributed by atoms with Crippen LogP contribution in [-0.4, -0.2) is 6.71 Å². The topological polar surface area (TPSA) is 19.6 Å². The van der Waals surface area contributed by atoms with Gasteiger partial charge in [-0.05, 0) is 221 Å². The Morgan fingerprint density at radius 2 is 0.827 bits per heavy atom. The Morgan fingerprint density at radius 1 is 0.383 bits per heavy atom. The fourth-order valence-electron chi connectivity index (χ4n) is 18.1. The maximum absolute atomic E-state index is 8.07. The molecule has 5 aromatic carbocycles. The van der Waals surface area contributed by atoms with Crippen molar-refractivity contribution in [2.75, 3.05) is 9.80 Å². The second kappa shape index (κ2) is 15.9. The summed E-state index contributed by atoms with van der Waals surface area (Å²) in [6.45, 7) is 55.2. The summed E-state index contributed by atoms with van der Waals surface area (Å²) in [6.07, 6.45) is 11.6. The summed E-state index contributed by atoms with van der Waals surface area (Å²) in [4.78, 5) is 5.68. The van der Waals surface area contributed by atoms with E-state index in [4.69, 9.17) is 4.42 Å². The summed E-state index contributed by atoms with van der Waals surface area (Å²) >= 11 is 0. The van der Waals surface area contributed by atoms with E-state index in [1.165, 1.54) is 138 Å². The van der Waals surface area contributed by atoms with Crippen molar-refractivity contribution in [2.45, 2.75) is 276 Å².